The molecule has 2 heterocycles. The molecular formula is C25H31N3O6. The lowest BCUT2D eigenvalue weighted by Crippen LogP contribution is -2.47. The molecule has 34 heavy (non-hydrogen) atoms. The van der Waals surface area contributed by atoms with Crippen LogP contribution in [-0.2, 0) is 9.53 Å². The van der Waals surface area contributed by atoms with Gasteiger partial charge in [-0.1, -0.05) is 6.92 Å². The summed E-state index contributed by atoms with van der Waals surface area (Å²) in [6.07, 6.45) is 0.513. The monoisotopic (exact) mass is 469 g/mol. The average Bonchev–Trinajstić information content (AvgIpc) is 3.20. The van der Waals surface area contributed by atoms with Crippen LogP contribution < -0.4 is 25.4 Å². The SMILES string of the molecule is CCCNC(=O)C[C@@H]1C[C@H]2c3cc(NC(=O)Nc4ccc(OC)cc4)ccc3O[C@H]2[C@@H](CO)O1. The molecule has 2 aliphatic rings. The Hall–Kier alpha value is -3.30. The van der Waals surface area contributed by atoms with Crippen molar-refractivity contribution in [2.24, 2.45) is 0 Å². The Kier molecular flexibility index (Phi) is 7.54. The number of carbonyl (C=O) groups is 2. The molecule has 182 valence electrons. The smallest absolute Gasteiger partial charge is 0.323 e. The first-order valence-corrected chi connectivity index (χ1v) is 11.6. The summed E-state index contributed by atoms with van der Waals surface area (Å²) in [5.41, 5.74) is 2.20. The van der Waals surface area contributed by atoms with Crippen molar-refractivity contribution in [1.29, 1.82) is 0 Å². The highest BCUT2D eigenvalue weighted by Crippen LogP contribution is 2.47. The fourth-order valence-corrected chi connectivity index (χ4v) is 4.48. The lowest BCUT2D eigenvalue weighted by Gasteiger charge is -2.37. The maximum absolute atomic E-state index is 12.5. The number of hydrogen-bond acceptors (Lipinski definition) is 6. The molecule has 2 aromatic rings. The molecule has 1 saturated heterocycles. The molecule has 9 nitrogen and oxygen atoms in total. The molecule has 0 radical (unpaired) electrons. The van der Waals surface area contributed by atoms with Crippen LogP contribution in [0.5, 0.6) is 11.5 Å². The zero-order valence-electron chi connectivity index (χ0n) is 19.4. The number of aliphatic hydroxyl groups is 1. The summed E-state index contributed by atoms with van der Waals surface area (Å²) in [4.78, 5) is 24.7. The molecule has 2 aliphatic heterocycles. The van der Waals surface area contributed by atoms with Gasteiger partial charge in [-0.15, -0.1) is 0 Å². The average molecular weight is 470 g/mol. The van der Waals surface area contributed by atoms with Gasteiger partial charge in [0.05, 0.1) is 26.2 Å². The Bertz CT molecular complexity index is 1010. The van der Waals surface area contributed by atoms with Gasteiger partial charge in [0.1, 0.15) is 23.7 Å². The molecule has 0 unspecified atom stereocenters. The number of methoxy groups -OCH3 is 1. The number of amides is 3. The first-order chi connectivity index (χ1) is 16.5. The van der Waals surface area contributed by atoms with Crippen LogP contribution in [0, 0.1) is 0 Å². The van der Waals surface area contributed by atoms with Crippen LogP contribution in [0.3, 0.4) is 0 Å². The molecular weight excluding hydrogens is 438 g/mol. The number of urea groups is 1. The highest BCUT2D eigenvalue weighted by molar-refractivity contribution is 5.99. The van der Waals surface area contributed by atoms with Crippen LogP contribution >= 0.6 is 0 Å². The molecule has 1 fully saturated rings. The number of nitrogens with one attached hydrogen (secondary N) is 3. The third-order valence-corrected chi connectivity index (χ3v) is 6.09. The third-order valence-electron chi connectivity index (χ3n) is 6.09. The first kappa shape index (κ1) is 23.8. The van der Waals surface area contributed by atoms with E-state index in [1.807, 2.05) is 19.1 Å². The predicted octanol–water partition coefficient (Wildman–Crippen LogP) is 3.25. The van der Waals surface area contributed by atoms with Crippen LogP contribution in [0.15, 0.2) is 42.5 Å². The highest BCUT2D eigenvalue weighted by Gasteiger charge is 2.46. The summed E-state index contributed by atoms with van der Waals surface area (Å²) in [5.74, 6) is 1.30. The number of anilines is 2. The maximum atomic E-state index is 12.5. The molecule has 9 heteroatoms. The van der Waals surface area contributed by atoms with E-state index >= 15 is 0 Å². The van der Waals surface area contributed by atoms with E-state index in [2.05, 4.69) is 16.0 Å². The minimum Gasteiger partial charge on any atom is -0.497 e. The third kappa shape index (κ3) is 5.43. The number of aliphatic hydroxyl groups excluding tert-OH is 1. The molecule has 0 spiro atoms. The van der Waals surface area contributed by atoms with E-state index in [0.717, 1.165) is 12.0 Å². The van der Waals surface area contributed by atoms with Gasteiger partial charge in [-0.25, -0.2) is 4.79 Å². The van der Waals surface area contributed by atoms with Crippen LogP contribution in [0.25, 0.3) is 0 Å². The molecule has 2 aromatic carbocycles. The zero-order chi connectivity index (χ0) is 24.1. The minimum absolute atomic E-state index is 0.0451. The lowest BCUT2D eigenvalue weighted by atomic mass is 9.84. The van der Waals surface area contributed by atoms with Gasteiger partial charge in [-0.2, -0.15) is 0 Å². The highest BCUT2D eigenvalue weighted by atomic mass is 16.6. The molecule has 4 atom stereocenters. The van der Waals surface area contributed by atoms with Crippen molar-refractivity contribution in [3.05, 3.63) is 48.0 Å². The molecule has 4 N–H and O–H groups in total. The van der Waals surface area contributed by atoms with E-state index in [1.54, 1.807) is 37.4 Å². The Balaban J connectivity index is 1.43. The van der Waals surface area contributed by atoms with Crippen molar-refractivity contribution in [3.63, 3.8) is 0 Å². The van der Waals surface area contributed by atoms with Gasteiger partial charge in [0.15, 0.2) is 0 Å². The zero-order valence-corrected chi connectivity index (χ0v) is 19.4. The standard InChI is InChI=1S/C25H31N3O6/c1-3-10-26-23(30)13-18-12-20-19-11-16(6-9-21(19)34-24(20)22(14-29)33-18)28-25(31)27-15-4-7-17(32-2)8-5-15/h4-9,11,18,20,22,24,29H,3,10,12-14H2,1-2H3,(H,26,30)(H2,27,28,31)/t18-,20-,22+,24+/m0/s1. The van der Waals surface area contributed by atoms with Crippen molar-refractivity contribution in [1.82, 2.24) is 5.32 Å². The van der Waals surface area contributed by atoms with Crippen LogP contribution in [0.1, 0.15) is 37.7 Å². The molecule has 3 amide bonds. The van der Waals surface area contributed by atoms with Gasteiger partial charge in [0, 0.05) is 29.4 Å². The fourth-order valence-electron chi connectivity index (χ4n) is 4.48. The van der Waals surface area contributed by atoms with Crippen LogP contribution in [-0.4, -0.2) is 55.6 Å². The molecule has 0 aromatic heterocycles. The van der Waals surface area contributed by atoms with Crippen LogP contribution in [0.4, 0.5) is 16.2 Å². The van der Waals surface area contributed by atoms with Crippen molar-refractivity contribution >= 4 is 23.3 Å². The second-order valence-corrected chi connectivity index (χ2v) is 8.52. The first-order valence-electron chi connectivity index (χ1n) is 11.6. The van der Waals surface area contributed by atoms with Gasteiger partial charge in [0.25, 0.3) is 0 Å². The minimum atomic E-state index is -0.523. The summed E-state index contributed by atoms with van der Waals surface area (Å²) < 4.78 is 17.2. The van der Waals surface area contributed by atoms with E-state index in [4.69, 9.17) is 14.2 Å². The number of hydrogen-bond donors (Lipinski definition) is 4. The lowest BCUT2D eigenvalue weighted by molar-refractivity contribution is -0.142. The summed E-state index contributed by atoms with van der Waals surface area (Å²) in [6, 6.07) is 12.2. The van der Waals surface area contributed by atoms with E-state index in [0.29, 0.717) is 35.8 Å². The fraction of sp³-hybridized carbons (Fsp3) is 0.440. The number of carbonyl (C=O) groups excluding carboxylic acids is 2. The number of fused-ring (bicyclic) bond motifs is 3. The summed E-state index contributed by atoms with van der Waals surface area (Å²) in [7, 11) is 1.59. The number of rotatable bonds is 8. The van der Waals surface area contributed by atoms with Gasteiger partial charge >= 0.3 is 6.03 Å². The predicted molar refractivity (Wildman–Crippen MR) is 128 cm³/mol. The summed E-state index contributed by atoms with van der Waals surface area (Å²) in [5, 5.41) is 18.4. The van der Waals surface area contributed by atoms with E-state index in [1.165, 1.54) is 0 Å². The maximum Gasteiger partial charge on any atom is 0.323 e. The van der Waals surface area contributed by atoms with Gasteiger partial charge in [-0.05, 0) is 55.3 Å². The van der Waals surface area contributed by atoms with Crippen molar-refractivity contribution < 1.29 is 28.9 Å². The van der Waals surface area contributed by atoms with E-state index in [-0.39, 0.29) is 43.1 Å². The Morgan fingerprint density at radius 1 is 1.12 bits per heavy atom. The Labute approximate surface area is 198 Å². The number of ether oxygens (including phenoxy) is 3. The number of benzene rings is 2. The topological polar surface area (TPSA) is 118 Å². The molecule has 0 saturated carbocycles. The van der Waals surface area contributed by atoms with E-state index in [9.17, 15) is 14.7 Å². The van der Waals surface area contributed by atoms with Gasteiger partial charge in [0.2, 0.25) is 5.91 Å². The molecule has 0 aliphatic carbocycles. The van der Waals surface area contributed by atoms with Gasteiger partial charge < -0.3 is 35.3 Å². The van der Waals surface area contributed by atoms with E-state index < -0.39 is 6.10 Å². The normalized spacial score (nSPS) is 22.7. The van der Waals surface area contributed by atoms with Crippen molar-refractivity contribution in [2.75, 3.05) is 30.9 Å². The van der Waals surface area contributed by atoms with Gasteiger partial charge in [-0.3, -0.25) is 4.79 Å². The largest absolute Gasteiger partial charge is 0.497 e. The quantitative estimate of drug-likeness (QED) is 0.471. The van der Waals surface area contributed by atoms with Crippen LogP contribution in [0.2, 0.25) is 0 Å². The van der Waals surface area contributed by atoms with Crippen molar-refractivity contribution in [2.45, 2.75) is 50.4 Å². The van der Waals surface area contributed by atoms with Crippen molar-refractivity contribution in [3.8, 4) is 11.5 Å². The summed E-state index contributed by atoms with van der Waals surface area (Å²) >= 11 is 0. The summed E-state index contributed by atoms with van der Waals surface area (Å²) in [6.45, 7) is 2.43. The molecule has 0 bridgehead atoms. The Morgan fingerprint density at radius 2 is 1.85 bits per heavy atom. The molecule has 4 rings (SSSR count). The second kappa shape index (κ2) is 10.8. The Morgan fingerprint density at radius 3 is 2.56 bits per heavy atom. The second-order valence-electron chi connectivity index (χ2n) is 8.52.